The molecule has 0 spiro atoms. The van der Waals surface area contributed by atoms with Crippen molar-refractivity contribution in [1.82, 2.24) is 4.57 Å². The fourth-order valence-electron chi connectivity index (χ4n) is 3.52. The average Bonchev–Trinajstić information content (AvgIpc) is 3.10. The van der Waals surface area contributed by atoms with Crippen molar-refractivity contribution in [3.05, 3.63) is 96.2 Å². The number of aromatic nitrogens is 1. The number of sulfone groups is 1. The van der Waals surface area contributed by atoms with Gasteiger partial charge in [0.1, 0.15) is 6.54 Å². The molecular weight excluding hydrogens is 396 g/mol. The van der Waals surface area contributed by atoms with E-state index in [1.807, 2.05) is 79.7 Å². The summed E-state index contributed by atoms with van der Waals surface area (Å²) in [5, 5.41) is 3.46. The van der Waals surface area contributed by atoms with Gasteiger partial charge in [0.2, 0.25) is 5.91 Å². The molecule has 1 aromatic heterocycles. The molecule has 0 bridgehead atoms. The third kappa shape index (κ3) is 4.14. The summed E-state index contributed by atoms with van der Waals surface area (Å²) in [5.41, 5.74) is 3.12. The Hall–Kier alpha value is -3.38. The third-order valence-corrected chi connectivity index (χ3v) is 6.75. The van der Waals surface area contributed by atoms with Gasteiger partial charge in [-0.2, -0.15) is 0 Å². The molecule has 30 heavy (non-hydrogen) atoms. The molecule has 0 aliphatic carbocycles. The van der Waals surface area contributed by atoms with Crippen LogP contribution in [-0.2, 0) is 26.9 Å². The maximum atomic E-state index is 13.2. The molecule has 1 amide bonds. The summed E-state index contributed by atoms with van der Waals surface area (Å²) < 4.78 is 28.2. The summed E-state index contributed by atoms with van der Waals surface area (Å²) in [6, 6.07) is 23.9. The molecule has 0 aliphatic rings. The SMILES string of the molecule is Cc1ccccc1CS(=O)(=O)c1cn(CC(=O)Nc2ccccc2)c2ccccc12. The zero-order valence-corrected chi connectivity index (χ0v) is 17.4. The molecule has 1 heterocycles. The minimum Gasteiger partial charge on any atom is -0.337 e. The second-order valence-electron chi connectivity index (χ2n) is 7.24. The predicted molar refractivity (Wildman–Crippen MR) is 119 cm³/mol. The molecule has 0 aliphatic heterocycles. The van der Waals surface area contributed by atoms with Gasteiger partial charge < -0.3 is 9.88 Å². The van der Waals surface area contributed by atoms with Crippen LogP contribution in [-0.4, -0.2) is 18.9 Å². The minimum atomic E-state index is -3.59. The normalized spacial score (nSPS) is 11.5. The first kappa shape index (κ1) is 19.9. The van der Waals surface area contributed by atoms with Crippen LogP contribution >= 0.6 is 0 Å². The number of hydrogen-bond acceptors (Lipinski definition) is 3. The highest BCUT2D eigenvalue weighted by Crippen LogP contribution is 2.28. The molecule has 0 saturated heterocycles. The fourth-order valence-corrected chi connectivity index (χ4v) is 5.21. The lowest BCUT2D eigenvalue weighted by atomic mass is 10.1. The van der Waals surface area contributed by atoms with Crippen molar-refractivity contribution >= 4 is 32.3 Å². The lowest BCUT2D eigenvalue weighted by Gasteiger charge is -2.07. The third-order valence-electron chi connectivity index (χ3n) is 5.07. The molecule has 3 aromatic carbocycles. The Labute approximate surface area is 175 Å². The maximum absolute atomic E-state index is 13.2. The number of rotatable bonds is 6. The summed E-state index contributed by atoms with van der Waals surface area (Å²) in [5.74, 6) is -0.297. The zero-order valence-electron chi connectivity index (χ0n) is 16.6. The van der Waals surface area contributed by atoms with Gasteiger partial charge in [0, 0.05) is 22.8 Å². The van der Waals surface area contributed by atoms with Crippen molar-refractivity contribution in [2.45, 2.75) is 24.1 Å². The van der Waals surface area contributed by atoms with Crippen LogP contribution < -0.4 is 5.32 Å². The van der Waals surface area contributed by atoms with Crippen LogP contribution in [0.1, 0.15) is 11.1 Å². The zero-order chi connectivity index (χ0) is 21.1. The molecule has 0 radical (unpaired) electrons. The van der Waals surface area contributed by atoms with Crippen molar-refractivity contribution in [3.8, 4) is 0 Å². The largest absolute Gasteiger partial charge is 0.337 e. The van der Waals surface area contributed by atoms with Crippen LogP contribution in [0.25, 0.3) is 10.9 Å². The Morgan fingerprint density at radius 1 is 0.900 bits per heavy atom. The van der Waals surface area contributed by atoms with Gasteiger partial charge in [0.25, 0.3) is 0 Å². The lowest BCUT2D eigenvalue weighted by molar-refractivity contribution is -0.116. The topological polar surface area (TPSA) is 68.2 Å². The summed E-state index contributed by atoms with van der Waals surface area (Å²) in [4.78, 5) is 12.8. The van der Waals surface area contributed by atoms with Gasteiger partial charge in [-0.15, -0.1) is 0 Å². The number of amides is 1. The van der Waals surface area contributed by atoms with E-state index >= 15 is 0 Å². The molecule has 4 aromatic rings. The summed E-state index contributed by atoms with van der Waals surface area (Å²) in [6.07, 6.45) is 1.57. The second kappa shape index (κ2) is 8.16. The number of hydrogen-bond donors (Lipinski definition) is 1. The number of carbonyl (C=O) groups is 1. The van der Waals surface area contributed by atoms with Crippen molar-refractivity contribution in [2.75, 3.05) is 5.32 Å². The first-order valence-corrected chi connectivity index (χ1v) is 11.3. The number of aryl methyl sites for hydroxylation is 1. The number of nitrogens with one attached hydrogen (secondary N) is 1. The van der Waals surface area contributed by atoms with Crippen molar-refractivity contribution in [3.63, 3.8) is 0 Å². The monoisotopic (exact) mass is 418 g/mol. The van der Waals surface area contributed by atoms with Gasteiger partial charge in [-0.1, -0.05) is 60.7 Å². The predicted octanol–water partition coefficient (Wildman–Crippen LogP) is 4.56. The molecular formula is C24H22N2O3S. The number of nitrogens with zero attached hydrogens (tertiary/aromatic N) is 1. The number of carbonyl (C=O) groups excluding carboxylic acids is 1. The van der Waals surface area contributed by atoms with E-state index in [0.717, 1.165) is 11.1 Å². The second-order valence-corrected chi connectivity index (χ2v) is 9.20. The van der Waals surface area contributed by atoms with E-state index in [4.69, 9.17) is 0 Å². The van der Waals surface area contributed by atoms with Gasteiger partial charge >= 0.3 is 0 Å². The maximum Gasteiger partial charge on any atom is 0.244 e. The van der Waals surface area contributed by atoms with E-state index in [9.17, 15) is 13.2 Å². The highest BCUT2D eigenvalue weighted by molar-refractivity contribution is 7.90. The van der Waals surface area contributed by atoms with Crippen LogP contribution in [0.3, 0.4) is 0 Å². The van der Waals surface area contributed by atoms with Gasteiger partial charge in [-0.3, -0.25) is 4.79 Å². The van der Waals surface area contributed by atoms with Crippen molar-refractivity contribution < 1.29 is 13.2 Å². The number of fused-ring (bicyclic) bond motifs is 1. The molecule has 0 fully saturated rings. The molecule has 152 valence electrons. The molecule has 4 rings (SSSR count). The molecule has 0 saturated carbocycles. The van der Waals surface area contributed by atoms with E-state index in [1.54, 1.807) is 16.8 Å². The Kier molecular flexibility index (Phi) is 5.42. The van der Waals surface area contributed by atoms with Gasteiger partial charge in [-0.05, 0) is 36.2 Å². The summed E-state index contributed by atoms with van der Waals surface area (Å²) in [7, 11) is -3.59. The molecule has 6 heteroatoms. The van der Waals surface area contributed by atoms with E-state index < -0.39 is 9.84 Å². The lowest BCUT2D eigenvalue weighted by Crippen LogP contribution is -2.18. The number of anilines is 1. The van der Waals surface area contributed by atoms with Crippen molar-refractivity contribution in [2.24, 2.45) is 0 Å². The Bertz CT molecular complexity index is 1310. The first-order valence-electron chi connectivity index (χ1n) is 9.64. The highest BCUT2D eigenvalue weighted by Gasteiger charge is 2.23. The van der Waals surface area contributed by atoms with Crippen LogP contribution in [0.5, 0.6) is 0 Å². The fraction of sp³-hybridized carbons (Fsp3) is 0.125. The first-order chi connectivity index (χ1) is 14.4. The molecule has 1 N–H and O–H groups in total. The Balaban J connectivity index is 1.67. The van der Waals surface area contributed by atoms with E-state index in [0.29, 0.717) is 16.6 Å². The van der Waals surface area contributed by atoms with Crippen LogP contribution in [0.4, 0.5) is 5.69 Å². The average molecular weight is 419 g/mol. The quantitative estimate of drug-likeness (QED) is 0.499. The van der Waals surface area contributed by atoms with Gasteiger partial charge in [0.05, 0.1) is 10.6 Å². The summed E-state index contributed by atoms with van der Waals surface area (Å²) >= 11 is 0. The van der Waals surface area contributed by atoms with Crippen LogP contribution in [0.2, 0.25) is 0 Å². The number of para-hydroxylation sites is 2. The van der Waals surface area contributed by atoms with Gasteiger partial charge in [0.15, 0.2) is 9.84 Å². The number of benzene rings is 3. The Morgan fingerprint density at radius 3 is 2.33 bits per heavy atom. The summed E-state index contributed by atoms with van der Waals surface area (Å²) in [6.45, 7) is 1.93. The Morgan fingerprint density at radius 2 is 1.57 bits per heavy atom. The van der Waals surface area contributed by atoms with Crippen molar-refractivity contribution in [1.29, 1.82) is 0 Å². The molecule has 0 unspecified atom stereocenters. The van der Waals surface area contributed by atoms with Crippen LogP contribution in [0.15, 0.2) is 90.0 Å². The van der Waals surface area contributed by atoms with Crippen LogP contribution in [0, 0.1) is 6.92 Å². The smallest absolute Gasteiger partial charge is 0.244 e. The minimum absolute atomic E-state index is 0.0231. The molecule has 5 nitrogen and oxygen atoms in total. The van der Waals surface area contributed by atoms with Gasteiger partial charge in [-0.25, -0.2) is 8.42 Å². The van der Waals surface area contributed by atoms with E-state index in [2.05, 4.69) is 5.32 Å². The standard InChI is InChI=1S/C24H22N2O3S/c1-18-9-5-6-10-19(18)17-30(28,29)23-15-26(22-14-8-7-13-21(22)23)16-24(27)25-20-11-3-2-4-12-20/h2-15H,16-17H2,1H3,(H,25,27). The molecule has 0 atom stereocenters. The van der Waals surface area contributed by atoms with E-state index in [1.165, 1.54) is 0 Å². The highest BCUT2D eigenvalue weighted by atomic mass is 32.2. The van der Waals surface area contributed by atoms with E-state index in [-0.39, 0.29) is 23.1 Å².